The van der Waals surface area contributed by atoms with Crippen LogP contribution in [0.3, 0.4) is 0 Å². The second kappa shape index (κ2) is 7.67. The molecule has 0 spiro atoms. The van der Waals surface area contributed by atoms with Crippen molar-refractivity contribution in [1.82, 2.24) is 14.8 Å². The summed E-state index contributed by atoms with van der Waals surface area (Å²) in [5.41, 5.74) is 1.68. The fraction of sp³-hybridized carbons (Fsp3) is 0.316. The van der Waals surface area contributed by atoms with Crippen molar-refractivity contribution in [2.75, 3.05) is 13.1 Å². The van der Waals surface area contributed by atoms with Crippen molar-refractivity contribution in [2.24, 2.45) is 0 Å². The third kappa shape index (κ3) is 4.07. The minimum Gasteiger partial charge on any atom is -0.352 e. The summed E-state index contributed by atoms with van der Waals surface area (Å²) in [4.78, 5) is 25.9. The van der Waals surface area contributed by atoms with E-state index in [1.165, 1.54) is 0 Å². The van der Waals surface area contributed by atoms with E-state index in [-0.39, 0.29) is 24.3 Å². The number of carbonyl (C=O) groups is 2. The molecule has 0 radical (unpaired) electrons. The molecule has 2 aromatic rings. The summed E-state index contributed by atoms with van der Waals surface area (Å²) in [6, 6.07) is 13.4. The highest BCUT2D eigenvalue weighted by Crippen LogP contribution is 2.16. The molecule has 1 saturated heterocycles. The van der Waals surface area contributed by atoms with E-state index in [2.05, 4.69) is 5.32 Å². The van der Waals surface area contributed by atoms with Crippen LogP contribution in [0.4, 0.5) is 0 Å². The maximum Gasteiger partial charge on any atom is 0.253 e. The Labute approximate surface area is 146 Å². The predicted octanol–water partition coefficient (Wildman–Crippen LogP) is 2.11. The Balaban J connectivity index is 1.56. The fourth-order valence-electron chi connectivity index (χ4n) is 3.04. The zero-order chi connectivity index (χ0) is 17.6. The average Bonchev–Trinajstić information content (AvgIpc) is 3.17. The van der Waals surface area contributed by atoms with Gasteiger partial charge in [0.25, 0.3) is 5.91 Å². The van der Waals surface area contributed by atoms with Crippen molar-refractivity contribution < 1.29 is 9.59 Å². The van der Waals surface area contributed by atoms with Gasteiger partial charge in [0, 0.05) is 42.8 Å². The van der Waals surface area contributed by atoms with Gasteiger partial charge in [-0.15, -0.1) is 0 Å². The summed E-state index contributed by atoms with van der Waals surface area (Å²) in [6.07, 6.45) is 5.23. The average molecular weight is 336 g/mol. The minimum absolute atomic E-state index is 0.0147. The number of hydrogen-bond donors (Lipinski definition) is 1. The summed E-state index contributed by atoms with van der Waals surface area (Å²) >= 11 is 0. The van der Waals surface area contributed by atoms with E-state index in [0.717, 1.165) is 5.69 Å². The maximum atomic E-state index is 12.6. The van der Waals surface area contributed by atoms with E-state index < -0.39 is 0 Å². The molecule has 0 atom stereocenters. The maximum absolute atomic E-state index is 12.6. The first-order chi connectivity index (χ1) is 12.2. The number of benzene rings is 1. The van der Waals surface area contributed by atoms with Crippen LogP contribution < -0.4 is 5.32 Å². The molecule has 1 N–H and O–H groups in total. The highest BCUT2D eigenvalue weighted by atomic mass is 16.2. The standard InChI is InChI=1S/C19H20N4O2/c20-10-7-18(24)21-16-8-13-23(14-9-16)19(25)15-3-5-17(6-4-15)22-11-1-2-12-22/h1-6,11-12,16H,7-9,13-14H2,(H,21,24). The molecule has 0 bridgehead atoms. The second-order valence-corrected chi connectivity index (χ2v) is 6.11. The summed E-state index contributed by atoms with van der Waals surface area (Å²) in [6.45, 7) is 1.21. The van der Waals surface area contributed by atoms with Gasteiger partial charge in [-0.05, 0) is 49.2 Å². The molecule has 1 aliphatic rings. The molecule has 6 nitrogen and oxygen atoms in total. The van der Waals surface area contributed by atoms with E-state index in [0.29, 0.717) is 31.5 Å². The largest absolute Gasteiger partial charge is 0.352 e. The van der Waals surface area contributed by atoms with Crippen molar-refractivity contribution in [1.29, 1.82) is 5.26 Å². The van der Waals surface area contributed by atoms with Crippen molar-refractivity contribution in [3.05, 3.63) is 54.4 Å². The molecule has 6 heteroatoms. The first-order valence-corrected chi connectivity index (χ1v) is 8.36. The Morgan fingerprint density at radius 2 is 1.76 bits per heavy atom. The van der Waals surface area contributed by atoms with Gasteiger partial charge in [0.1, 0.15) is 6.42 Å². The Bertz CT molecular complexity index is 767. The summed E-state index contributed by atoms with van der Waals surface area (Å²) in [5, 5.41) is 11.4. The van der Waals surface area contributed by atoms with Crippen LogP contribution in [-0.2, 0) is 4.79 Å². The number of nitrogens with zero attached hydrogens (tertiary/aromatic N) is 3. The Hall–Kier alpha value is -3.07. The molecular weight excluding hydrogens is 316 g/mol. The fourth-order valence-corrected chi connectivity index (χ4v) is 3.04. The van der Waals surface area contributed by atoms with Crippen LogP contribution in [0, 0.1) is 11.3 Å². The molecule has 1 aromatic heterocycles. The lowest BCUT2D eigenvalue weighted by Gasteiger charge is -2.32. The van der Waals surface area contributed by atoms with Gasteiger partial charge in [-0.1, -0.05) is 0 Å². The molecule has 0 unspecified atom stereocenters. The van der Waals surface area contributed by atoms with Crippen LogP contribution in [0.1, 0.15) is 29.6 Å². The molecule has 2 heterocycles. The third-order valence-electron chi connectivity index (χ3n) is 4.40. The lowest BCUT2D eigenvalue weighted by Crippen LogP contribution is -2.46. The highest BCUT2D eigenvalue weighted by Gasteiger charge is 2.24. The summed E-state index contributed by atoms with van der Waals surface area (Å²) in [5.74, 6) is -0.228. The molecule has 3 rings (SSSR count). The molecule has 128 valence electrons. The third-order valence-corrected chi connectivity index (χ3v) is 4.40. The highest BCUT2D eigenvalue weighted by molar-refractivity contribution is 5.94. The Morgan fingerprint density at radius 1 is 1.12 bits per heavy atom. The van der Waals surface area contributed by atoms with Crippen molar-refractivity contribution in [2.45, 2.75) is 25.3 Å². The Morgan fingerprint density at radius 3 is 2.36 bits per heavy atom. The number of carbonyl (C=O) groups excluding carboxylic acids is 2. The molecule has 1 fully saturated rings. The van der Waals surface area contributed by atoms with Crippen molar-refractivity contribution in [3.8, 4) is 11.8 Å². The lowest BCUT2D eigenvalue weighted by molar-refractivity contribution is -0.121. The van der Waals surface area contributed by atoms with Gasteiger partial charge >= 0.3 is 0 Å². The quantitative estimate of drug-likeness (QED) is 0.929. The topological polar surface area (TPSA) is 78.1 Å². The van der Waals surface area contributed by atoms with E-state index in [1.807, 2.05) is 64.3 Å². The van der Waals surface area contributed by atoms with Crippen LogP contribution in [0.2, 0.25) is 0 Å². The Kier molecular flexibility index (Phi) is 5.14. The van der Waals surface area contributed by atoms with Gasteiger partial charge in [-0.2, -0.15) is 5.26 Å². The van der Waals surface area contributed by atoms with Gasteiger partial charge in [0.2, 0.25) is 5.91 Å². The molecule has 2 amide bonds. The number of likely N-dealkylation sites (tertiary alicyclic amines) is 1. The van der Waals surface area contributed by atoms with Gasteiger partial charge in [-0.3, -0.25) is 9.59 Å². The molecule has 1 aromatic carbocycles. The number of nitrogens with one attached hydrogen (secondary N) is 1. The number of aromatic nitrogens is 1. The second-order valence-electron chi connectivity index (χ2n) is 6.11. The first-order valence-electron chi connectivity index (χ1n) is 8.36. The number of nitriles is 1. The molecule has 0 aliphatic carbocycles. The number of amides is 2. The molecule has 0 saturated carbocycles. The van der Waals surface area contributed by atoms with E-state index in [9.17, 15) is 9.59 Å². The van der Waals surface area contributed by atoms with Gasteiger partial charge in [-0.25, -0.2) is 0 Å². The number of piperidine rings is 1. The van der Waals surface area contributed by atoms with E-state index >= 15 is 0 Å². The normalized spacial score (nSPS) is 14.8. The SMILES string of the molecule is N#CCC(=O)NC1CCN(C(=O)c2ccc(-n3cccc3)cc2)CC1. The summed E-state index contributed by atoms with van der Waals surface area (Å²) in [7, 11) is 0. The zero-order valence-electron chi connectivity index (χ0n) is 13.9. The minimum atomic E-state index is -0.243. The van der Waals surface area contributed by atoms with Crippen LogP contribution in [-0.4, -0.2) is 40.4 Å². The van der Waals surface area contributed by atoms with Crippen LogP contribution in [0.25, 0.3) is 5.69 Å². The smallest absolute Gasteiger partial charge is 0.253 e. The monoisotopic (exact) mass is 336 g/mol. The number of rotatable bonds is 4. The summed E-state index contributed by atoms with van der Waals surface area (Å²) < 4.78 is 1.99. The van der Waals surface area contributed by atoms with Gasteiger partial charge in [0.05, 0.1) is 6.07 Å². The first kappa shape index (κ1) is 16.8. The van der Waals surface area contributed by atoms with Crippen LogP contribution >= 0.6 is 0 Å². The molecular formula is C19H20N4O2. The zero-order valence-corrected chi connectivity index (χ0v) is 13.9. The van der Waals surface area contributed by atoms with Crippen LogP contribution in [0.5, 0.6) is 0 Å². The van der Waals surface area contributed by atoms with Crippen molar-refractivity contribution in [3.63, 3.8) is 0 Å². The lowest BCUT2D eigenvalue weighted by atomic mass is 10.0. The van der Waals surface area contributed by atoms with Crippen molar-refractivity contribution >= 4 is 11.8 Å². The number of hydrogen-bond acceptors (Lipinski definition) is 3. The van der Waals surface area contributed by atoms with Crippen LogP contribution in [0.15, 0.2) is 48.8 Å². The predicted molar refractivity (Wildman–Crippen MR) is 93.1 cm³/mol. The van der Waals surface area contributed by atoms with E-state index in [1.54, 1.807) is 0 Å². The van der Waals surface area contributed by atoms with Gasteiger partial charge < -0.3 is 14.8 Å². The molecule has 25 heavy (non-hydrogen) atoms. The van der Waals surface area contributed by atoms with Gasteiger partial charge in [0.15, 0.2) is 0 Å². The molecule has 1 aliphatic heterocycles. The van der Waals surface area contributed by atoms with E-state index in [4.69, 9.17) is 5.26 Å².